The number of piperazine rings is 1. The van der Waals surface area contributed by atoms with Crippen molar-refractivity contribution >= 4 is 27.4 Å². The Morgan fingerprint density at radius 3 is 2.72 bits per heavy atom. The number of phenols is 1. The van der Waals surface area contributed by atoms with E-state index in [1.807, 2.05) is 12.1 Å². The second kappa shape index (κ2) is 6.98. The summed E-state index contributed by atoms with van der Waals surface area (Å²) in [4.78, 5) is 16.2. The van der Waals surface area contributed by atoms with Crippen LogP contribution in [0.1, 0.15) is 17.4 Å². The third kappa shape index (κ3) is 3.45. The first-order chi connectivity index (χ1) is 12.2. The predicted octanol–water partition coefficient (Wildman–Crippen LogP) is 3.28. The third-order valence-electron chi connectivity index (χ3n) is 4.70. The molecule has 0 spiro atoms. The fraction of sp³-hybridized carbons (Fsp3) is 0.368. The van der Waals surface area contributed by atoms with Gasteiger partial charge in [-0.15, -0.1) is 11.3 Å². The zero-order chi connectivity index (χ0) is 17.2. The van der Waals surface area contributed by atoms with Crippen LogP contribution < -0.4 is 4.90 Å². The molecule has 0 unspecified atom stereocenters. The van der Waals surface area contributed by atoms with Crippen molar-refractivity contribution in [2.75, 3.05) is 31.1 Å². The highest BCUT2D eigenvalue weighted by Gasteiger charge is 2.21. The third-order valence-corrected chi connectivity index (χ3v) is 5.88. The molecule has 1 saturated heterocycles. The van der Waals surface area contributed by atoms with Crippen LogP contribution in [0.15, 0.2) is 36.7 Å². The van der Waals surface area contributed by atoms with Crippen molar-refractivity contribution in [1.82, 2.24) is 14.9 Å². The maximum Gasteiger partial charge on any atom is 0.140 e. The van der Waals surface area contributed by atoms with Crippen LogP contribution in [0.2, 0.25) is 0 Å². The van der Waals surface area contributed by atoms with E-state index in [-0.39, 0.29) is 0 Å². The van der Waals surface area contributed by atoms with Gasteiger partial charge in [0.1, 0.15) is 22.7 Å². The van der Waals surface area contributed by atoms with Gasteiger partial charge in [-0.05, 0) is 30.2 Å². The molecule has 0 aliphatic carbocycles. The van der Waals surface area contributed by atoms with Gasteiger partial charge in [0.05, 0.1) is 5.39 Å². The molecule has 1 fully saturated rings. The summed E-state index contributed by atoms with van der Waals surface area (Å²) in [6.45, 7) is 6.96. The molecule has 4 rings (SSSR count). The number of phenolic OH excluding ortho intramolecular Hbond substituents is 1. The van der Waals surface area contributed by atoms with Crippen LogP contribution in [0.5, 0.6) is 5.75 Å². The summed E-state index contributed by atoms with van der Waals surface area (Å²) < 4.78 is 0. The van der Waals surface area contributed by atoms with Gasteiger partial charge in [0.25, 0.3) is 0 Å². The Morgan fingerprint density at radius 1 is 1.12 bits per heavy atom. The smallest absolute Gasteiger partial charge is 0.140 e. The number of aryl methyl sites for hydroxylation is 1. The van der Waals surface area contributed by atoms with Crippen LogP contribution in [-0.2, 0) is 13.0 Å². The van der Waals surface area contributed by atoms with Gasteiger partial charge in [-0.1, -0.05) is 19.1 Å². The molecule has 0 saturated carbocycles. The van der Waals surface area contributed by atoms with Crippen LogP contribution >= 0.6 is 11.3 Å². The minimum Gasteiger partial charge on any atom is -0.508 e. The maximum atomic E-state index is 9.62. The quantitative estimate of drug-likeness (QED) is 0.779. The first-order valence-corrected chi connectivity index (χ1v) is 9.53. The molecule has 1 N–H and O–H groups in total. The Labute approximate surface area is 151 Å². The van der Waals surface area contributed by atoms with Gasteiger partial charge in [0.15, 0.2) is 0 Å². The first kappa shape index (κ1) is 16.3. The molecule has 3 aromatic rings. The largest absolute Gasteiger partial charge is 0.508 e. The number of aromatic nitrogens is 2. The van der Waals surface area contributed by atoms with Crippen LogP contribution in [0.3, 0.4) is 0 Å². The molecule has 1 aliphatic rings. The Hall–Kier alpha value is -2.18. The molecule has 0 atom stereocenters. The number of rotatable bonds is 4. The summed E-state index contributed by atoms with van der Waals surface area (Å²) in [6.07, 6.45) is 2.73. The Balaban J connectivity index is 1.46. The number of anilines is 1. The van der Waals surface area contributed by atoms with E-state index >= 15 is 0 Å². The molecular weight excluding hydrogens is 332 g/mol. The summed E-state index contributed by atoms with van der Waals surface area (Å²) in [5, 5.41) is 10.8. The second-order valence-electron chi connectivity index (χ2n) is 6.42. The molecule has 0 bridgehead atoms. The second-order valence-corrected chi connectivity index (χ2v) is 7.53. The van der Waals surface area contributed by atoms with Gasteiger partial charge in [-0.25, -0.2) is 9.97 Å². The lowest BCUT2D eigenvalue weighted by atomic mass is 10.2. The molecule has 25 heavy (non-hydrogen) atoms. The van der Waals surface area contributed by atoms with Gasteiger partial charge in [-0.2, -0.15) is 0 Å². The van der Waals surface area contributed by atoms with Crippen molar-refractivity contribution in [3.8, 4) is 5.75 Å². The van der Waals surface area contributed by atoms with Crippen molar-refractivity contribution in [3.05, 3.63) is 47.1 Å². The number of nitrogens with zero attached hydrogens (tertiary/aromatic N) is 4. The highest BCUT2D eigenvalue weighted by atomic mass is 32.1. The normalized spacial score (nSPS) is 15.8. The first-order valence-electron chi connectivity index (χ1n) is 8.71. The summed E-state index contributed by atoms with van der Waals surface area (Å²) in [6, 6.07) is 9.78. The number of thiophene rings is 1. The van der Waals surface area contributed by atoms with Crippen molar-refractivity contribution in [1.29, 1.82) is 0 Å². The summed E-state index contributed by atoms with van der Waals surface area (Å²) in [5.74, 6) is 1.40. The number of hydrogen-bond donors (Lipinski definition) is 1. The van der Waals surface area contributed by atoms with Gasteiger partial charge in [-0.3, -0.25) is 4.90 Å². The minimum absolute atomic E-state index is 0.337. The van der Waals surface area contributed by atoms with E-state index < -0.39 is 0 Å². The fourth-order valence-corrected chi connectivity index (χ4v) is 4.28. The number of fused-ring (bicyclic) bond motifs is 1. The number of aromatic hydroxyl groups is 1. The molecule has 1 aliphatic heterocycles. The van der Waals surface area contributed by atoms with E-state index in [0.29, 0.717) is 5.75 Å². The number of benzene rings is 1. The Morgan fingerprint density at radius 2 is 1.96 bits per heavy atom. The topological polar surface area (TPSA) is 52.5 Å². The van der Waals surface area contributed by atoms with Gasteiger partial charge >= 0.3 is 0 Å². The highest BCUT2D eigenvalue weighted by Crippen LogP contribution is 2.31. The standard InChI is InChI=1S/C19H22N4OS/c1-2-16-11-17-18(20-13-21-19(17)25-16)23-8-6-22(7-9-23)12-14-4-3-5-15(24)10-14/h3-5,10-11,13,24H,2,6-9,12H2,1H3. The van der Waals surface area contributed by atoms with Crippen LogP contribution in [-0.4, -0.2) is 46.2 Å². The van der Waals surface area contributed by atoms with Crippen molar-refractivity contribution in [2.24, 2.45) is 0 Å². The molecule has 5 nitrogen and oxygen atoms in total. The van der Waals surface area contributed by atoms with Crippen LogP contribution in [0, 0.1) is 0 Å². The van der Waals surface area contributed by atoms with Crippen molar-refractivity contribution < 1.29 is 5.11 Å². The molecular formula is C19H22N4OS. The molecule has 0 amide bonds. The van der Waals surface area contributed by atoms with Crippen LogP contribution in [0.25, 0.3) is 10.2 Å². The summed E-state index contributed by atoms with van der Waals surface area (Å²) in [7, 11) is 0. The number of hydrogen-bond acceptors (Lipinski definition) is 6. The zero-order valence-corrected chi connectivity index (χ0v) is 15.2. The van der Waals surface area contributed by atoms with E-state index in [1.54, 1.807) is 23.7 Å². The van der Waals surface area contributed by atoms with Gasteiger partial charge < -0.3 is 10.0 Å². The van der Waals surface area contributed by atoms with E-state index in [2.05, 4.69) is 38.8 Å². The molecule has 130 valence electrons. The Kier molecular flexibility index (Phi) is 4.55. The monoisotopic (exact) mass is 354 g/mol. The van der Waals surface area contributed by atoms with E-state index in [9.17, 15) is 5.11 Å². The predicted molar refractivity (Wildman–Crippen MR) is 102 cm³/mol. The maximum absolute atomic E-state index is 9.62. The summed E-state index contributed by atoms with van der Waals surface area (Å²) in [5.41, 5.74) is 1.16. The van der Waals surface area contributed by atoms with E-state index in [4.69, 9.17) is 0 Å². The van der Waals surface area contributed by atoms with Gasteiger partial charge in [0.2, 0.25) is 0 Å². The average Bonchev–Trinajstić information content (AvgIpc) is 3.06. The molecule has 3 heterocycles. The summed E-state index contributed by atoms with van der Waals surface area (Å²) >= 11 is 1.77. The lowest BCUT2D eigenvalue weighted by Gasteiger charge is -2.35. The minimum atomic E-state index is 0.337. The van der Waals surface area contributed by atoms with Crippen molar-refractivity contribution in [3.63, 3.8) is 0 Å². The SMILES string of the molecule is CCc1cc2c(N3CCN(Cc4cccc(O)c4)CC3)ncnc2s1. The van der Waals surface area contributed by atoms with E-state index in [0.717, 1.165) is 55.4 Å². The highest BCUT2D eigenvalue weighted by molar-refractivity contribution is 7.18. The Bertz CT molecular complexity index is 871. The average molecular weight is 354 g/mol. The zero-order valence-electron chi connectivity index (χ0n) is 14.4. The van der Waals surface area contributed by atoms with Crippen molar-refractivity contribution in [2.45, 2.75) is 19.9 Å². The molecule has 6 heteroatoms. The lowest BCUT2D eigenvalue weighted by Crippen LogP contribution is -2.46. The molecule has 0 radical (unpaired) electrons. The molecule has 2 aromatic heterocycles. The lowest BCUT2D eigenvalue weighted by molar-refractivity contribution is 0.249. The van der Waals surface area contributed by atoms with E-state index in [1.165, 1.54) is 10.3 Å². The fourth-order valence-electron chi connectivity index (χ4n) is 3.35. The molecule has 1 aromatic carbocycles. The van der Waals surface area contributed by atoms with Gasteiger partial charge in [0, 0.05) is 37.6 Å². The van der Waals surface area contributed by atoms with Crippen LogP contribution in [0.4, 0.5) is 5.82 Å².